The quantitative estimate of drug-likeness (QED) is 0.791. The summed E-state index contributed by atoms with van der Waals surface area (Å²) in [7, 11) is 3.38. The highest BCUT2D eigenvalue weighted by Gasteiger charge is 2.09. The molecule has 0 aliphatic rings. The number of thiol groups is 1. The van der Waals surface area contributed by atoms with Crippen LogP contribution in [-0.4, -0.2) is 37.4 Å². The molecule has 0 radical (unpaired) electrons. The van der Waals surface area contributed by atoms with Gasteiger partial charge in [-0.2, -0.15) is 0 Å². The summed E-state index contributed by atoms with van der Waals surface area (Å²) in [4.78, 5) is 25.1. The van der Waals surface area contributed by atoms with E-state index in [9.17, 15) is 9.59 Å². The largest absolute Gasteiger partial charge is 0.351 e. The summed E-state index contributed by atoms with van der Waals surface area (Å²) >= 11 is 4.20. The van der Waals surface area contributed by atoms with Crippen LogP contribution < -0.4 is 5.32 Å². The molecule has 0 aromatic heterocycles. The first-order valence-corrected chi connectivity index (χ1v) is 5.73. The molecule has 1 rings (SSSR count). The second kappa shape index (κ2) is 6.30. The zero-order valence-electron chi connectivity index (χ0n) is 9.93. The van der Waals surface area contributed by atoms with Crippen LogP contribution in [0.2, 0.25) is 0 Å². The van der Waals surface area contributed by atoms with Crippen LogP contribution in [0.15, 0.2) is 29.2 Å². The fraction of sp³-hybridized carbons (Fsp3) is 0.333. The van der Waals surface area contributed by atoms with Gasteiger partial charge in [-0.25, -0.2) is 0 Å². The molecule has 0 unspecified atom stereocenters. The molecule has 0 saturated heterocycles. The van der Waals surface area contributed by atoms with Crippen molar-refractivity contribution in [1.29, 1.82) is 0 Å². The predicted octanol–water partition coefficient (Wildman–Crippen LogP) is 1.18. The fourth-order valence-electron chi connectivity index (χ4n) is 1.27. The van der Waals surface area contributed by atoms with E-state index in [0.717, 1.165) is 0 Å². The lowest BCUT2D eigenvalue weighted by molar-refractivity contribution is -0.128. The van der Waals surface area contributed by atoms with Crippen molar-refractivity contribution in [3.05, 3.63) is 29.8 Å². The Labute approximate surface area is 106 Å². The van der Waals surface area contributed by atoms with Crippen molar-refractivity contribution < 1.29 is 9.59 Å². The first-order valence-electron chi connectivity index (χ1n) is 5.28. The van der Waals surface area contributed by atoms with Gasteiger partial charge in [0.1, 0.15) is 0 Å². The summed E-state index contributed by atoms with van der Waals surface area (Å²) in [5.41, 5.74) is 0.521. The van der Waals surface area contributed by atoms with Crippen LogP contribution in [-0.2, 0) is 4.79 Å². The molecule has 0 aliphatic heterocycles. The second-order valence-corrected chi connectivity index (χ2v) is 4.29. The molecular weight excluding hydrogens is 236 g/mol. The Morgan fingerprint density at radius 1 is 1.29 bits per heavy atom. The van der Waals surface area contributed by atoms with Crippen molar-refractivity contribution in [2.24, 2.45) is 0 Å². The minimum atomic E-state index is -0.206. The van der Waals surface area contributed by atoms with E-state index in [1.165, 1.54) is 4.90 Å². The average Bonchev–Trinajstić information content (AvgIpc) is 2.29. The Morgan fingerprint density at radius 3 is 2.53 bits per heavy atom. The van der Waals surface area contributed by atoms with E-state index in [2.05, 4.69) is 17.9 Å². The van der Waals surface area contributed by atoms with Crippen molar-refractivity contribution in [1.82, 2.24) is 10.2 Å². The monoisotopic (exact) mass is 252 g/mol. The maximum absolute atomic E-state index is 11.7. The van der Waals surface area contributed by atoms with E-state index >= 15 is 0 Å². The van der Waals surface area contributed by atoms with Gasteiger partial charge < -0.3 is 10.2 Å². The molecule has 5 heteroatoms. The molecule has 1 N–H and O–H groups in total. The summed E-state index contributed by atoms with van der Waals surface area (Å²) in [6, 6.07) is 7.04. The van der Waals surface area contributed by atoms with Gasteiger partial charge in [0.25, 0.3) is 5.91 Å². The number of hydrogen-bond acceptors (Lipinski definition) is 3. The van der Waals surface area contributed by atoms with E-state index < -0.39 is 0 Å². The highest BCUT2D eigenvalue weighted by atomic mass is 32.1. The number of hydrogen-bond donors (Lipinski definition) is 2. The zero-order valence-corrected chi connectivity index (χ0v) is 10.8. The van der Waals surface area contributed by atoms with Crippen LogP contribution >= 0.6 is 12.6 Å². The Morgan fingerprint density at radius 2 is 1.94 bits per heavy atom. The van der Waals surface area contributed by atoms with Gasteiger partial charge >= 0.3 is 0 Å². The summed E-state index contributed by atoms with van der Waals surface area (Å²) in [5.74, 6) is -0.216. The van der Waals surface area contributed by atoms with Gasteiger partial charge in [-0.05, 0) is 12.1 Å². The lowest BCUT2D eigenvalue weighted by Gasteiger charge is -2.11. The number of benzene rings is 1. The van der Waals surface area contributed by atoms with E-state index in [1.807, 2.05) is 6.07 Å². The zero-order chi connectivity index (χ0) is 12.8. The molecular formula is C12H16N2O2S. The van der Waals surface area contributed by atoms with E-state index in [1.54, 1.807) is 32.3 Å². The van der Waals surface area contributed by atoms with Gasteiger partial charge in [-0.1, -0.05) is 12.1 Å². The normalized spacial score (nSPS) is 9.82. The molecule has 0 fully saturated rings. The Hall–Kier alpha value is -1.49. The molecule has 17 heavy (non-hydrogen) atoms. The number of nitrogens with zero attached hydrogens (tertiary/aromatic N) is 1. The topological polar surface area (TPSA) is 49.4 Å². The molecule has 0 atom stereocenters. The van der Waals surface area contributed by atoms with E-state index in [-0.39, 0.29) is 11.8 Å². The van der Waals surface area contributed by atoms with Crippen molar-refractivity contribution >= 4 is 24.4 Å². The van der Waals surface area contributed by atoms with Crippen LogP contribution in [0.1, 0.15) is 16.8 Å². The molecule has 0 bridgehead atoms. The van der Waals surface area contributed by atoms with E-state index in [0.29, 0.717) is 23.4 Å². The van der Waals surface area contributed by atoms with Gasteiger partial charge in [0.15, 0.2) is 0 Å². The molecule has 0 aliphatic carbocycles. The van der Waals surface area contributed by atoms with Crippen LogP contribution in [0.25, 0.3) is 0 Å². The number of carbonyl (C=O) groups is 2. The first kappa shape index (κ1) is 13.6. The van der Waals surface area contributed by atoms with Gasteiger partial charge in [-0.15, -0.1) is 12.6 Å². The first-order chi connectivity index (χ1) is 8.02. The van der Waals surface area contributed by atoms with Gasteiger partial charge in [0, 0.05) is 32.0 Å². The average molecular weight is 252 g/mol. The van der Waals surface area contributed by atoms with Crippen molar-refractivity contribution in [2.45, 2.75) is 11.3 Å². The maximum atomic E-state index is 11.7. The number of nitrogens with one attached hydrogen (secondary N) is 1. The molecule has 2 amide bonds. The molecule has 92 valence electrons. The fourth-order valence-corrected chi connectivity index (χ4v) is 1.53. The number of amides is 2. The summed E-state index contributed by atoms with van der Waals surface area (Å²) in [6.07, 6.45) is 0.299. The highest BCUT2D eigenvalue weighted by Crippen LogP contribution is 2.12. The highest BCUT2D eigenvalue weighted by molar-refractivity contribution is 7.80. The van der Waals surface area contributed by atoms with Crippen molar-refractivity contribution in [2.75, 3.05) is 20.6 Å². The second-order valence-electron chi connectivity index (χ2n) is 3.81. The van der Waals surface area contributed by atoms with Crippen LogP contribution in [0.4, 0.5) is 0 Å². The third-order valence-corrected chi connectivity index (χ3v) is 2.66. The summed E-state index contributed by atoms with van der Waals surface area (Å²) < 4.78 is 0. The Kier molecular flexibility index (Phi) is 5.03. The third kappa shape index (κ3) is 4.11. The Bertz CT molecular complexity index is 419. The van der Waals surface area contributed by atoms with Crippen molar-refractivity contribution in [3.8, 4) is 0 Å². The standard InChI is InChI=1S/C12H16N2O2S/c1-14(2)11(15)7-8-13-12(16)9-5-3-4-6-10(9)17/h3-6,17H,7-8H2,1-2H3,(H,13,16). The minimum Gasteiger partial charge on any atom is -0.351 e. The minimum absolute atomic E-state index is 0.00976. The Balaban J connectivity index is 2.46. The SMILES string of the molecule is CN(C)C(=O)CCNC(=O)c1ccccc1S. The molecule has 0 heterocycles. The third-order valence-electron chi connectivity index (χ3n) is 2.27. The van der Waals surface area contributed by atoms with Gasteiger partial charge in [-0.3, -0.25) is 9.59 Å². The smallest absolute Gasteiger partial charge is 0.252 e. The molecule has 1 aromatic carbocycles. The number of rotatable bonds is 4. The van der Waals surface area contributed by atoms with E-state index in [4.69, 9.17) is 0 Å². The van der Waals surface area contributed by atoms with Crippen molar-refractivity contribution in [3.63, 3.8) is 0 Å². The maximum Gasteiger partial charge on any atom is 0.252 e. The molecule has 0 saturated carbocycles. The van der Waals surface area contributed by atoms with Gasteiger partial charge in [0.05, 0.1) is 5.56 Å². The molecule has 0 spiro atoms. The summed E-state index contributed by atoms with van der Waals surface area (Å²) in [6.45, 7) is 0.331. The van der Waals surface area contributed by atoms with Crippen LogP contribution in [0, 0.1) is 0 Å². The molecule has 4 nitrogen and oxygen atoms in total. The predicted molar refractivity (Wildman–Crippen MR) is 69.3 cm³/mol. The van der Waals surface area contributed by atoms with Crippen LogP contribution in [0.3, 0.4) is 0 Å². The summed E-state index contributed by atoms with van der Waals surface area (Å²) in [5, 5.41) is 2.69. The molecule has 1 aromatic rings. The van der Waals surface area contributed by atoms with Gasteiger partial charge in [0.2, 0.25) is 5.91 Å². The van der Waals surface area contributed by atoms with Crippen LogP contribution in [0.5, 0.6) is 0 Å². The lowest BCUT2D eigenvalue weighted by atomic mass is 10.2. The number of carbonyl (C=O) groups excluding carboxylic acids is 2. The lowest BCUT2D eigenvalue weighted by Crippen LogP contribution is -2.30.